The van der Waals surface area contributed by atoms with Crippen molar-refractivity contribution in [1.29, 1.82) is 0 Å². The fourth-order valence-electron chi connectivity index (χ4n) is 6.78. The van der Waals surface area contributed by atoms with E-state index in [4.69, 9.17) is 31.4 Å². The van der Waals surface area contributed by atoms with E-state index in [-0.39, 0.29) is 0 Å². The number of carboxylic acid groups (broad SMARTS) is 1. The highest BCUT2D eigenvalue weighted by atomic mass is 35.5. The summed E-state index contributed by atoms with van der Waals surface area (Å²) in [6, 6.07) is 14.2. The van der Waals surface area contributed by atoms with Crippen LogP contribution in [-0.4, -0.2) is 73.5 Å². The molecular weight excluding hydrogens is 620 g/mol. The number of hydrogen-bond acceptors (Lipinski definition) is 8. The summed E-state index contributed by atoms with van der Waals surface area (Å²) >= 11 is 7.79. The maximum absolute atomic E-state index is 12.7. The van der Waals surface area contributed by atoms with E-state index in [2.05, 4.69) is 16.3 Å². The number of aryl methyl sites for hydroxylation is 2. The van der Waals surface area contributed by atoms with Crippen LogP contribution in [0.5, 0.6) is 0 Å². The lowest BCUT2D eigenvalue weighted by Crippen LogP contribution is -2.58. The number of carbonyl (C=O) groups is 1. The molecule has 2 fully saturated rings. The molecule has 2 N–H and O–H groups in total. The molecular formula is C35H39ClN6O3S. The van der Waals surface area contributed by atoms with Gasteiger partial charge in [0.1, 0.15) is 10.5 Å². The number of thiazole rings is 1. The lowest BCUT2D eigenvalue weighted by atomic mass is 9.91. The summed E-state index contributed by atoms with van der Waals surface area (Å²) in [7, 11) is 1.99. The third kappa shape index (κ3) is 5.82. The van der Waals surface area contributed by atoms with Crippen LogP contribution >= 0.6 is 22.9 Å². The predicted molar refractivity (Wildman–Crippen MR) is 184 cm³/mol. The molecule has 3 aromatic heterocycles. The molecule has 11 heteroatoms. The number of aromatic nitrogens is 4. The van der Waals surface area contributed by atoms with Crippen LogP contribution in [0.2, 0.25) is 5.02 Å². The number of aliphatic carboxylic acids is 1. The maximum atomic E-state index is 12.7. The van der Waals surface area contributed by atoms with E-state index in [9.17, 15) is 9.90 Å². The molecule has 46 heavy (non-hydrogen) atoms. The third-order valence-corrected chi connectivity index (χ3v) is 10.5. The number of likely N-dealkylation sites (tertiary alicyclic amines) is 1. The molecule has 2 aliphatic heterocycles. The first-order valence-corrected chi connectivity index (χ1v) is 17.1. The minimum absolute atomic E-state index is 0.364. The van der Waals surface area contributed by atoms with Crippen molar-refractivity contribution in [2.75, 3.05) is 26.2 Å². The van der Waals surface area contributed by atoms with Gasteiger partial charge in [-0.15, -0.1) is 11.3 Å². The Morgan fingerprint density at radius 2 is 1.83 bits per heavy atom. The van der Waals surface area contributed by atoms with Crippen molar-refractivity contribution in [1.82, 2.24) is 30.0 Å². The minimum atomic E-state index is -1.17. The summed E-state index contributed by atoms with van der Waals surface area (Å²) in [5.74, 6) is -0.674. The summed E-state index contributed by atoms with van der Waals surface area (Å²) in [6.45, 7) is 11.9. The van der Waals surface area contributed by atoms with Crippen molar-refractivity contribution >= 4 is 50.2 Å². The standard InChI is InChI=1S/C35H39ClN6O3S/c1-19-16-25-32(28(20-6-8-22(36)9-7-20)27(19)31(34(43)44)45-35(2,3)4)46-33(39-25)24-10-11-26-30(38-24)29(40-41(26)5)21-12-14-42(15-13-21)23-17-37-18-23/h6-11,16,21,23,31,37H,12-15,17-18H2,1-5H3,(H,43,44)/t31-/m0/s1. The quantitative estimate of drug-likeness (QED) is 0.193. The summed E-state index contributed by atoms with van der Waals surface area (Å²) in [6.07, 6.45) is 0.979. The number of ether oxygens (including phenoxy) is 1. The largest absolute Gasteiger partial charge is 0.479 e. The van der Waals surface area contributed by atoms with Crippen molar-refractivity contribution in [2.24, 2.45) is 7.05 Å². The number of piperidine rings is 1. The van der Waals surface area contributed by atoms with Crippen LogP contribution in [0.3, 0.4) is 0 Å². The van der Waals surface area contributed by atoms with Crippen molar-refractivity contribution in [3.05, 3.63) is 64.3 Å². The van der Waals surface area contributed by atoms with Crippen molar-refractivity contribution < 1.29 is 14.6 Å². The monoisotopic (exact) mass is 658 g/mol. The second-order valence-electron chi connectivity index (χ2n) is 13.5. The van der Waals surface area contributed by atoms with Gasteiger partial charge >= 0.3 is 5.97 Å². The van der Waals surface area contributed by atoms with Gasteiger partial charge in [0, 0.05) is 48.2 Å². The molecule has 0 unspecified atom stereocenters. The van der Waals surface area contributed by atoms with Crippen molar-refractivity contribution in [3.8, 4) is 21.8 Å². The highest BCUT2D eigenvalue weighted by Crippen LogP contribution is 2.44. The van der Waals surface area contributed by atoms with E-state index in [0.717, 1.165) is 93.4 Å². The zero-order chi connectivity index (χ0) is 32.3. The van der Waals surface area contributed by atoms with E-state index in [1.807, 2.05) is 75.8 Å². The first-order chi connectivity index (χ1) is 22.0. The van der Waals surface area contributed by atoms with Gasteiger partial charge in [-0.05, 0) is 95.1 Å². The Kier molecular flexibility index (Phi) is 8.13. The highest BCUT2D eigenvalue weighted by Gasteiger charge is 2.33. The summed E-state index contributed by atoms with van der Waals surface area (Å²) < 4.78 is 9.00. The van der Waals surface area contributed by atoms with Crippen LogP contribution in [0.4, 0.5) is 0 Å². The van der Waals surface area contributed by atoms with Crippen molar-refractivity contribution in [2.45, 2.75) is 64.2 Å². The van der Waals surface area contributed by atoms with Crippen LogP contribution in [0.25, 0.3) is 43.1 Å². The predicted octanol–water partition coefficient (Wildman–Crippen LogP) is 6.97. The van der Waals surface area contributed by atoms with Crippen molar-refractivity contribution in [3.63, 3.8) is 0 Å². The average Bonchev–Trinajstić information content (AvgIpc) is 3.55. The second kappa shape index (κ2) is 12.0. The summed E-state index contributed by atoms with van der Waals surface area (Å²) in [5, 5.41) is 20.1. The Labute approximate surface area is 277 Å². The number of fused-ring (bicyclic) bond motifs is 2. The fraction of sp³-hybridized carbons (Fsp3) is 0.429. The lowest BCUT2D eigenvalue weighted by molar-refractivity contribution is -0.160. The van der Waals surface area contributed by atoms with Crippen LogP contribution in [0, 0.1) is 6.92 Å². The maximum Gasteiger partial charge on any atom is 0.337 e. The highest BCUT2D eigenvalue weighted by molar-refractivity contribution is 7.22. The molecule has 2 aliphatic rings. The lowest BCUT2D eigenvalue weighted by Gasteiger charge is -2.42. The molecule has 5 heterocycles. The molecule has 2 aromatic carbocycles. The number of hydrogen-bond donors (Lipinski definition) is 2. The Morgan fingerprint density at radius 1 is 1.11 bits per heavy atom. The Morgan fingerprint density at radius 3 is 2.46 bits per heavy atom. The van der Waals surface area contributed by atoms with Gasteiger partial charge in [-0.25, -0.2) is 14.8 Å². The second-order valence-corrected chi connectivity index (χ2v) is 14.9. The Balaban J connectivity index is 1.33. The number of benzene rings is 2. The molecule has 1 atom stereocenters. The van der Waals surface area contributed by atoms with Gasteiger partial charge in [-0.2, -0.15) is 5.10 Å². The van der Waals surface area contributed by atoms with E-state index in [0.29, 0.717) is 22.5 Å². The molecule has 9 nitrogen and oxygen atoms in total. The molecule has 0 amide bonds. The topological polar surface area (TPSA) is 105 Å². The third-order valence-electron chi connectivity index (χ3n) is 9.15. The van der Waals surface area contributed by atoms with E-state index >= 15 is 0 Å². The molecule has 0 radical (unpaired) electrons. The summed E-state index contributed by atoms with van der Waals surface area (Å²) in [4.78, 5) is 25.6. The number of nitrogens with zero attached hydrogens (tertiary/aromatic N) is 5. The number of carboxylic acids is 1. The molecule has 0 spiro atoms. The Bertz CT molecular complexity index is 1930. The zero-order valence-electron chi connectivity index (χ0n) is 26.8. The van der Waals surface area contributed by atoms with Gasteiger partial charge in [-0.3, -0.25) is 9.58 Å². The average molecular weight is 659 g/mol. The van der Waals surface area contributed by atoms with Gasteiger partial charge in [0.2, 0.25) is 0 Å². The fourth-order valence-corrected chi connectivity index (χ4v) is 8.00. The van der Waals surface area contributed by atoms with Gasteiger partial charge in [-0.1, -0.05) is 23.7 Å². The van der Waals surface area contributed by atoms with Crippen LogP contribution in [-0.2, 0) is 16.6 Å². The van der Waals surface area contributed by atoms with E-state index in [1.54, 1.807) is 0 Å². The molecule has 5 aromatic rings. The molecule has 0 bridgehead atoms. The number of halogens is 1. The van der Waals surface area contributed by atoms with Gasteiger partial charge < -0.3 is 15.2 Å². The number of nitrogens with one attached hydrogen (secondary N) is 1. The van der Waals surface area contributed by atoms with E-state index in [1.165, 1.54) is 11.3 Å². The van der Waals surface area contributed by atoms with Gasteiger partial charge in [0.15, 0.2) is 6.10 Å². The molecule has 7 rings (SSSR count). The summed E-state index contributed by atoms with van der Waals surface area (Å²) in [5.41, 5.74) is 6.97. The molecule has 2 saturated heterocycles. The van der Waals surface area contributed by atoms with E-state index < -0.39 is 17.7 Å². The number of rotatable bonds is 7. The van der Waals surface area contributed by atoms with Crippen LogP contribution in [0.1, 0.15) is 62.5 Å². The molecule has 240 valence electrons. The Hall–Kier alpha value is -3.41. The normalized spacial score (nSPS) is 17.5. The smallest absolute Gasteiger partial charge is 0.337 e. The molecule has 0 aliphatic carbocycles. The molecule has 0 saturated carbocycles. The minimum Gasteiger partial charge on any atom is -0.479 e. The first-order valence-electron chi connectivity index (χ1n) is 15.9. The first kappa shape index (κ1) is 31.2. The SMILES string of the molecule is Cc1cc2nc(-c3ccc4c(n3)c(C3CCN(C5CNC5)CC3)nn4C)sc2c(-c2ccc(Cl)cc2)c1[C@H](OC(C)(C)C)C(=O)O. The number of pyridine rings is 1. The van der Waals surface area contributed by atoms with Crippen LogP contribution in [0.15, 0.2) is 42.5 Å². The zero-order valence-corrected chi connectivity index (χ0v) is 28.4. The van der Waals surface area contributed by atoms with Gasteiger partial charge in [0.25, 0.3) is 0 Å². The van der Waals surface area contributed by atoms with Gasteiger partial charge in [0.05, 0.1) is 32.7 Å². The van der Waals surface area contributed by atoms with Crippen LogP contribution < -0.4 is 5.32 Å².